The lowest BCUT2D eigenvalue weighted by molar-refractivity contribution is -0.117. The molecule has 0 radical (unpaired) electrons. The molecule has 3 rings (SSSR count). The number of aromatic nitrogens is 1. The SMILES string of the molecule is CC(C(=O)Nc1nccs1)c1cccc(C(=O)c2ccccc2)c1. The number of carbonyl (C=O) groups is 2. The Labute approximate surface area is 144 Å². The van der Waals surface area contributed by atoms with Gasteiger partial charge in [0.15, 0.2) is 10.9 Å². The number of rotatable bonds is 5. The highest BCUT2D eigenvalue weighted by atomic mass is 32.1. The van der Waals surface area contributed by atoms with Crippen molar-refractivity contribution in [3.63, 3.8) is 0 Å². The molecular formula is C19H16N2O2S. The molecule has 2 aromatic carbocycles. The first kappa shape index (κ1) is 16.1. The Morgan fingerprint density at radius 1 is 1.04 bits per heavy atom. The first-order chi connectivity index (χ1) is 11.6. The highest BCUT2D eigenvalue weighted by Crippen LogP contribution is 2.21. The van der Waals surface area contributed by atoms with Crippen LogP contribution in [-0.2, 0) is 4.79 Å². The van der Waals surface area contributed by atoms with Crippen molar-refractivity contribution in [2.45, 2.75) is 12.8 Å². The fourth-order valence-corrected chi connectivity index (χ4v) is 2.89. The summed E-state index contributed by atoms with van der Waals surface area (Å²) in [4.78, 5) is 28.9. The number of carbonyl (C=O) groups excluding carboxylic acids is 2. The number of ketones is 1. The number of nitrogens with one attached hydrogen (secondary N) is 1. The van der Waals surface area contributed by atoms with E-state index in [2.05, 4.69) is 10.3 Å². The number of nitrogens with zero attached hydrogens (tertiary/aromatic N) is 1. The van der Waals surface area contributed by atoms with Crippen molar-refractivity contribution >= 4 is 28.2 Å². The predicted octanol–water partition coefficient (Wildman–Crippen LogP) is 4.12. The van der Waals surface area contributed by atoms with Crippen LogP contribution >= 0.6 is 11.3 Å². The molecular weight excluding hydrogens is 320 g/mol. The topological polar surface area (TPSA) is 59.1 Å². The first-order valence-electron chi connectivity index (χ1n) is 7.55. The van der Waals surface area contributed by atoms with Crippen LogP contribution in [0.3, 0.4) is 0 Å². The molecule has 1 N–H and O–H groups in total. The van der Waals surface area contributed by atoms with Gasteiger partial charge in [0.25, 0.3) is 0 Å². The van der Waals surface area contributed by atoms with Gasteiger partial charge in [0.05, 0.1) is 5.92 Å². The van der Waals surface area contributed by atoms with E-state index < -0.39 is 0 Å². The second kappa shape index (κ2) is 7.19. The minimum Gasteiger partial charge on any atom is -0.301 e. The van der Waals surface area contributed by atoms with Crippen molar-refractivity contribution in [1.82, 2.24) is 4.98 Å². The summed E-state index contributed by atoms with van der Waals surface area (Å²) in [5.41, 5.74) is 2.01. The number of hydrogen-bond donors (Lipinski definition) is 1. The molecule has 0 aliphatic rings. The molecule has 5 heteroatoms. The molecule has 0 saturated heterocycles. The molecule has 24 heavy (non-hydrogen) atoms. The monoisotopic (exact) mass is 336 g/mol. The normalized spacial score (nSPS) is 11.7. The van der Waals surface area contributed by atoms with Gasteiger partial charge in [-0.3, -0.25) is 9.59 Å². The fraction of sp³-hybridized carbons (Fsp3) is 0.105. The zero-order chi connectivity index (χ0) is 16.9. The maximum absolute atomic E-state index is 12.5. The number of anilines is 1. The van der Waals surface area contributed by atoms with E-state index in [1.54, 1.807) is 41.9 Å². The number of hydrogen-bond acceptors (Lipinski definition) is 4. The molecule has 0 aliphatic heterocycles. The molecule has 4 nitrogen and oxygen atoms in total. The van der Waals surface area contributed by atoms with E-state index in [4.69, 9.17) is 0 Å². The van der Waals surface area contributed by atoms with E-state index in [1.165, 1.54) is 11.3 Å². The van der Waals surface area contributed by atoms with Crippen molar-refractivity contribution in [1.29, 1.82) is 0 Å². The van der Waals surface area contributed by atoms with Crippen molar-refractivity contribution in [2.24, 2.45) is 0 Å². The Balaban J connectivity index is 1.79. The van der Waals surface area contributed by atoms with Crippen LogP contribution in [0.1, 0.15) is 34.3 Å². The lowest BCUT2D eigenvalue weighted by Gasteiger charge is -2.12. The summed E-state index contributed by atoms with van der Waals surface area (Å²) < 4.78 is 0. The summed E-state index contributed by atoms with van der Waals surface area (Å²) in [6, 6.07) is 16.3. The second-order valence-electron chi connectivity index (χ2n) is 5.37. The van der Waals surface area contributed by atoms with Gasteiger partial charge in [0, 0.05) is 22.7 Å². The maximum Gasteiger partial charge on any atom is 0.233 e. The third-order valence-electron chi connectivity index (χ3n) is 3.74. The van der Waals surface area contributed by atoms with E-state index in [9.17, 15) is 9.59 Å². The zero-order valence-electron chi connectivity index (χ0n) is 13.1. The van der Waals surface area contributed by atoms with Gasteiger partial charge in [-0.05, 0) is 18.6 Å². The minimum atomic E-state index is -0.377. The first-order valence-corrected chi connectivity index (χ1v) is 8.43. The van der Waals surface area contributed by atoms with E-state index in [0.29, 0.717) is 16.3 Å². The Morgan fingerprint density at radius 2 is 1.79 bits per heavy atom. The minimum absolute atomic E-state index is 0.0509. The third kappa shape index (κ3) is 3.58. The van der Waals surface area contributed by atoms with Gasteiger partial charge in [0.2, 0.25) is 5.91 Å². The van der Waals surface area contributed by atoms with Crippen molar-refractivity contribution in [3.8, 4) is 0 Å². The van der Waals surface area contributed by atoms with Crippen LogP contribution < -0.4 is 5.32 Å². The van der Waals surface area contributed by atoms with Crippen molar-refractivity contribution < 1.29 is 9.59 Å². The molecule has 1 unspecified atom stereocenters. The van der Waals surface area contributed by atoms with Crippen LogP contribution in [0.4, 0.5) is 5.13 Å². The van der Waals surface area contributed by atoms with E-state index in [1.807, 2.05) is 31.2 Å². The van der Waals surface area contributed by atoms with Crippen LogP contribution in [-0.4, -0.2) is 16.7 Å². The highest BCUT2D eigenvalue weighted by Gasteiger charge is 2.18. The smallest absolute Gasteiger partial charge is 0.233 e. The average Bonchev–Trinajstić information content (AvgIpc) is 3.14. The molecule has 3 aromatic rings. The van der Waals surface area contributed by atoms with Gasteiger partial charge in [-0.25, -0.2) is 4.98 Å². The molecule has 120 valence electrons. The second-order valence-corrected chi connectivity index (χ2v) is 6.26. The molecule has 0 saturated carbocycles. The quantitative estimate of drug-likeness (QED) is 0.713. The molecule has 1 amide bonds. The van der Waals surface area contributed by atoms with Gasteiger partial charge < -0.3 is 5.32 Å². The Hall–Kier alpha value is -2.79. The summed E-state index contributed by atoms with van der Waals surface area (Å²) in [6.45, 7) is 1.81. The van der Waals surface area contributed by atoms with E-state index in [0.717, 1.165) is 5.56 Å². The summed E-state index contributed by atoms with van der Waals surface area (Å²) in [5.74, 6) is -0.573. The van der Waals surface area contributed by atoms with Gasteiger partial charge in [-0.2, -0.15) is 0 Å². The van der Waals surface area contributed by atoms with Crippen LogP contribution in [0.2, 0.25) is 0 Å². The summed E-state index contributed by atoms with van der Waals surface area (Å²) >= 11 is 1.37. The van der Waals surface area contributed by atoms with Gasteiger partial charge in [-0.1, -0.05) is 48.5 Å². The highest BCUT2D eigenvalue weighted by molar-refractivity contribution is 7.13. The summed E-state index contributed by atoms with van der Waals surface area (Å²) in [6.07, 6.45) is 1.64. The Kier molecular flexibility index (Phi) is 4.82. The summed E-state index contributed by atoms with van der Waals surface area (Å²) in [7, 11) is 0. The lowest BCUT2D eigenvalue weighted by Crippen LogP contribution is -2.19. The Morgan fingerprint density at radius 3 is 2.50 bits per heavy atom. The fourth-order valence-electron chi connectivity index (χ4n) is 2.36. The van der Waals surface area contributed by atoms with E-state index >= 15 is 0 Å². The van der Waals surface area contributed by atoms with E-state index in [-0.39, 0.29) is 17.6 Å². The predicted molar refractivity (Wildman–Crippen MR) is 95.5 cm³/mol. The molecule has 1 heterocycles. The van der Waals surface area contributed by atoms with Crippen molar-refractivity contribution in [3.05, 3.63) is 82.9 Å². The summed E-state index contributed by atoms with van der Waals surface area (Å²) in [5, 5.41) is 5.16. The Bertz CT molecular complexity index is 845. The number of benzene rings is 2. The maximum atomic E-state index is 12.5. The number of thiazole rings is 1. The lowest BCUT2D eigenvalue weighted by atomic mass is 9.95. The molecule has 1 atom stereocenters. The average molecular weight is 336 g/mol. The molecule has 0 spiro atoms. The molecule has 0 aliphatic carbocycles. The van der Waals surface area contributed by atoms with Crippen LogP contribution in [0.15, 0.2) is 66.2 Å². The van der Waals surface area contributed by atoms with Crippen molar-refractivity contribution in [2.75, 3.05) is 5.32 Å². The molecule has 0 fully saturated rings. The van der Waals surface area contributed by atoms with Gasteiger partial charge >= 0.3 is 0 Å². The van der Waals surface area contributed by atoms with Crippen LogP contribution in [0.5, 0.6) is 0 Å². The van der Waals surface area contributed by atoms with Gasteiger partial charge in [0.1, 0.15) is 0 Å². The molecule has 1 aromatic heterocycles. The zero-order valence-corrected chi connectivity index (χ0v) is 13.9. The van der Waals surface area contributed by atoms with Gasteiger partial charge in [-0.15, -0.1) is 11.3 Å². The number of amides is 1. The third-order valence-corrected chi connectivity index (χ3v) is 4.43. The van der Waals surface area contributed by atoms with Crippen LogP contribution in [0, 0.1) is 0 Å². The largest absolute Gasteiger partial charge is 0.301 e. The molecule has 0 bridgehead atoms. The standard InChI is InChI=1S/C19H16N2O2S/c1-13(18(23)21-19-20-10-11-24-19)15-8-5-9-16(12-15)17(22)14-6-3-2-4-7-14/h2-13H,1H3,(H,20,21,23). The van der Waals surface area contributed by atoms with Crippen LogP contribution in [0.25, 0.3) is 0 Å².